The summed E-state index contributed by atoms with van der Waals surface area (Å²) in [6.07, 6.45) is 14.7. The van der Waals surface area contributed by atoms with E-state index in [0.717, 1.165) is 51.6 Å². The van der Waals surface area contributed by atoms with Gasteiger partial charge in [-0.1, -0.05) is 12.2 Å². The SMILES string of the molecule is CS(=O)(=O)c1cnc(N2CCCCC2)nc1C1CCN(C(=O)C[C@H]2C=CCC2)CC1. The third-order valence-electron chi connectivity index (χ3n) is 6.59. The molecule has 1 aliphatic carbocycles. The third kappa shape index (κ3) is 4.85. The highest BCUT2D eigenvalue weighted by Gasteiger charge is 2.30. The van der Waals surface area contributed by atoms with E-state index in [-0.39, 0.29) is 16.7 Å². The molecule has 2 saturated heterocycles. The van der Waals surface area contributed by atoms with Crippen LogP contribution in [-0.4, -0.2) is 61.6 Å². The van der Waals surface area contributed by atoms with Crippen molar-refractivity contribution in [2.75, 3.05) is 37.3 Å². The lowest BCUT2D eigenvalue weighted by molar-refractivity contribution is -0.132. The number of allylic oxidation sites excluding steroid dienone is 2. The molecule has 0 unspecified atom stereocenters. The molecule has 1 atom stereocenters. The van der Waals surface area contributed by atoms with Crippen LogP contribution in [0, 0.1) is 5.92 Å². The van der Waals surface area contributed by atoms with Crippen LogP contribution in [0.1, 0.15) is 63.0 Å². The van der Waals surface area contributed by atoms with Crippen molar-refractivity contribution in [1.29, 1.82) is 0 Å². The van der Waals surface area contributed by atoms with E-state index < -0.39 is 9.84 Å². The van der Waals surface area contributed by atoms with Crippen molar-refractivity contribution in [2.45, 2.75) is 62.2 Å². The summed E-state index contributed by atoms with van der Waals surface area (Å²) in [6.45, 7) is 3.15. The molecule has 2 fully saturated rings. The first-order valence-electron chi connectivity index (χ1n) is 11.2. The van der Waals surface area contributed by atoms with Gasteiger partial charge in [-0.15, -0.1) is 0 Å². The maximum Gasteiger partial charge on any atom is 0.225 e. The van der Waals surface area contributed by atoms with Crippen LogP contribution in [0.5, 0.6) is 0 Å². The maximum absolute atomic E-state index is 12.6. The van der Waals surface area contributed by atoms with Crippen LogP contribution in [-0.2, 0) is 14.6 Å². The lowest BCUT2D eigenvalue weighted by Crippen LogP contribution is -2.39. The Balaban J connectivity index is 1.48. The first-order chi connectivity index (χ1) is 14.4. The standard InChI is InChI=1S/C22H32N4O3S/c1-30(28,29)19-16-23-22(26-11-5-2-6-12-26)24-21(19)18-9-13-25(14-10-18)20(27)15-17-7-3-4-8-17/h3,7,16-18H,2,4-6,8-15H2,1H3/t17-/m0/s1. The number of piperidine rings is 2. The van der Waals surface area contributed by atoms with Crippen molar-refractivity contribution in [3.8, 4) is 0 Å². The molecule has 30 heavy (non-hydrogen) atoms. The fraction of sp³-hybridized carbons (Fsp3) is 0.682. The van der Waals surface area contributed by atoms with Crippen molar-refractivity contribution in [1.82, 2.24) is 14.9 Å². The molecule has 0 saturated carbocycles. The zero-order valence-corrected chi connectivity index (χ0v) is 18.6. The molecule has 7 nitrogen and oxygen atoms in total. The van der Waals surface area contributed by atoms with Crippen LogP contribution in [0.15, 0.2) is 23.2 Å². The molecule has 0 aromatic carbocycles. The van der Waals surface area contributed by atoms with E-state index in [1.54, 1.807) is 0 Å². The molecule has 0 N–H and O–H groups in total. The van der Waals surface area contributed by atoms with Crippen LogP contribution in [0.2, 0.25) is 0 Å². The minimum atomic E-state index is -3.41. The molecule has 2 aliphatic heterocycles. The van der Waals surface area contributed by atoms with Gasteiger partial charge in [-0.3, -0.25) is 4.79 Å². The first kappa shape index (κ1) is 21.3. The van der Waals surface area contributed by atoms with Gasteiger partial charge in [0.15, 0.2) is 9.84 Å². The number of aromatic nitrogens is 2. The molecule has 3 heterocycles. The van der Waals surface area contributed by atoms with Gasteiger partial charge < -0.3 is 9.80 Å². The van der Waals surface area contributed by atoms with Crippen LogP contribution in [0.25, 0.3) is 0 Å². The van der Waals surface area contributed by atoms with Gasteiger partial charge in [0, 0.05) is 44.8 Å². The quantitative estimate of drug-likeness (QED) is 0.665. The topological polar surface area (TPSA) is 83.5 Å². The second kappa shape index (κ2) is 9.04. The monoisotopic (exact) mass is 432 g/mol. The van der Waals surface area contributed by atoms with Crippen molar-refractivity contribution >= 4 is 21.7 Å². The third-order valence-corrected chi connectivity index (χ3v) is 7.71. The molecule has 4 rings (SSSR count). The molecular weight excluding hydrogens is 400 g/mol. The zero-order valence-electron chi connectivity index (χ0n) is 17.8. The second-order valence-corrected chi connectivity index (χ2v) is 10.8. The highest BCUT2D eigenvalue weighted by molar-refractivity contribution is 7.90. The van der Waals surface area contributed by atoms with Crippen molar-refractivity contribution < 1.29 is 13.2 Å². The number of anilines is 1. The van der Waals surface area contributed by atoms with Gasteiger partial charge in [-0.05, 0) is 50.9 Å². The van der Waals surface area contributed by atoms with E-state index in [2.05, 4.69) is 22.0 Å². The average molecular weight is 433 g/mol. The van der Waals surface area contributed by atoms with Crippen LogP contribution in [0.3, 0.4) is 0 Å². The number of likely N-dealkylation sites (tertiary alicyclic amines) is 1. The summed E-state index contributed by atoms with van der Waals surface area (Å²) in [6, 6.07) is 0. The average Bonchev–Trinajstić information content (AvgIpc) is 3.26. The van der Waals surface area contributed by atoms with Gasteiger partial charge in [0.2, 0.25) is 11.9 Å². The molecule has 0 radical (unpaired) electrons. The van der Waals surface area contributed by atoms with Crippen molar-refractivity contribution in [3.05, 3.63) is 24.0 Å². The molecule has 164 valence electrons. The summed E-state index contributed by atoms with van der Waals surface area (Å²) < 4.78 is 24.8. The van der Waals surface area contributed by atoms with E-state index in [1.807, 2.05) is 4.90 Å². The van der Waals surface area contributed by atoms with Crippen molar-refractivity contribution in [3.63, 3.8) is 0 Å². The Morgan fingerprint density at radius 3 is 2.47 bits per heavy atom. The Labute approximate surface area is 179 Å². The van der Waals surface area contributed by atoms with Crippen LogP contribution < -0.4 is 4.90 Å². The number of amides is 1. The number of carbonyl (C=O) groups is 1. The number of rotatable bonds is 5. The van der Waals surface area contributed by atoms with Gasteiger partial charge in [0.05, 0.1) is 11.9 Å². The van der Waals surface area contributed by atoms with E-state index in [4.69, 9.17) is 4.98 Å². The summed E-state index contributed by atoms with van der Waals surface area (Å²) in [5.41, 5.74) is 0.638. The molecule has 8 heteroatoms. The number of hydrogen-bond donors (Lipinski definition) is 0. The summed E-state index contributed by atoms with van der Waals surface area (Å²) in [5, 5.41) is 0. The van der Waals surface area contributed by atoms with Crippen LogP contribution in [0.4, 0.5) is 5.95 Å². The molecular formula is C22H32N4O3S. The zero-order chi connectivity index (χ0) is 21.1. The van der Waals surface area contributed by atoms with Crippen molar-refractivity contribution in [2.24, 2.45) is 5.92 Å². The summed E-state index contributed by atoms with van der Waals surface area (Å²) >= 11 is 0. The highest BCUT2D eigenvalue weighted by atomic mass is 32.2. The van der Waals surface area contributed by atoms with Gasteiger partial charge in [-0.25, -0.2) is 18.4 Å². The van der Waals surface area contributed by atoms with Gasteiger partial charge in [-0.2, -0.15) is 0 Å². The fourth-order valence-corrected chi connectivity index (χ4v) is 5.66. The first-order valence-corrected chi connectivity index (χ1v) is 13.1. The molecule has 0 spiro atoms. The minimum Gasteiger partial charge on any atom is -0.343 e. The number of nitrogens with zero attached hydrogens (tertiary/aromatic N) is 4. The van der Waals surface area contributed by atoms with Gasteiger partial charge >= 0.3 is 0 Å². The lowest BCUT2D eigenvalue weighted by atomic mass is 9.92. The predicted molar refractivity (Wildman–Crippen MR) is 116 cm³/mol. The Kier molecular flexibility index (Phi) is 6.41. The van der Waals surface area contributed by atoms with E-state index in [9.17, 15) is 13.2 Å². The maximum atomic E-state index is 12.6. The Hall–Kier alpha value is -1.96. The van der Waals surface area contributed by atoms with E-state index in [1.165, 1.54) is 18.9 Å². The molecule has 1 aromatic heterocycles. The highest BCUT2D eigenvalue weighted by Crippen LogP contribution is 2.33. The van der Waals surface area contributed by atoms with Gasteiger partial charge in [0.25, 0.3) is 0 Å². The number of sulfone groups is 1. The molecule has 1 aromatic rings. The largest absolute Gasteiger partial charge is 0.343 e. The number of hydrogen-bond acceptors (Lipinski definition) is 6. The summed E-state index contributed by atoms with van der Waals surface area (Å²) in [5.74, 6) is 1.27. The smallest absolute Gasteiger partial charge is 0.225 e. The van der Waals surface area contributed by atoms with E-state index >= 15 is 0 Å². The normalized spacial score (nSPS) is 23.2. The van der Waals surface area contributed by atoms with Gasteiger partial charge in [0.1, 0.15) is 4.90 Å². The Morgan fingerprint density at radius 1 is 1.10 bits per heavy atom. The predicted octanol–water partition coefficient (Wildman–Crippen LogP) is 2.93. The summed E-state index contributed by atoms with van der Waals surface area (Å²) in [4.78, 5) is 26.1. The number of carbonyl (C=O) groups excluding carboxylic acids is 1. The summed E-state index contributed by atoms with van der Waals surface area (Å²) in [7, 11) is -3.41. The molecule has 3 aliphatic rings. The molecule has 1 amide bonds. The lowest BCUT2D eigenvalue weighted by Gasteiger charge is -2.33. The Bertz CT molecular complexity index is 901. The fourth-order valence-electron chi connectivity index (χ4n) is 4.82. The molecule has 0 bridgehead atoms. The minimum absolute atomic E-state index is 0.0386. The Morgan fingerprint density at radius 2 is 1.83 bits per heavy atom. The van der Waals surface area contributed by atoms with Crippen LogP contribution >= 0.6 is 0 Å². The second-order valence-electron chi connectivity index (χ2n) is 8.86. The van der Waals surface area contributed by atoms with E-state index in [0.29, 0.717) is 37.1 Å².